The van der Waals surface area contributed by atoms with Gasteiger partial charge in [-0.2, -0.15) is 18.3 Å². The van der Waals surface area contributed by atoms with Gasteiger partial charge < -0.3 is 14.7 Å². The third-order valence-electron chi connectivity index (χ3n) is 6.75. The molecule has 0 bridgehead atoms. The molecule has 3 aromatic rings. The van der Waals surface area contributed by atoms with E-state index < -0.39 is 51.8 Å². The molecule has 2 atom stereocenters. The average molecular weight is 683 g/mol. The predicted octanol–water partition coefficient (Wildman–Crippen LogP) is 5.10. The number of benzene rings is 2. The van der Waals surface area contributed by atoms with Gasteiger partial charge in [0, 0.05) is 18.9 Å². The Morgan fingerprint density at radius 2 is 1.74 bits per heavy atom. The average Bonchev–Trinajstić information content (AvgIpc) is 3.64. The number of carbonyl (C=O) groups is 2. The van der Waals surface area contributed by atoms with E-state index in [9.17, 15) is 36.4 Å². The Labute approximate surface area is 268 Å². The lowest BCUT2D eigenvalue weighted by atomic mass is 9.97. The van der Waals surface area contributed by atoms with Gasteiger partial charge in [0.15, 0.2) is 5.69 Å². The second-order valence-electron chi connectivity index (χ2n) is 11.7. The number of carbonyl (C=O) groups excluding carboxylic acids is 2. The molecule has 1 aromatic heterocycles. The number of aryl methyl sites for hydroxylation is 1. The number of hydrogen-bond donors (Lipinski definition) is 1. The van der Waals surface area contributed by atoms with Crippen molar-refractivity contribution in [1.82, 2.24) is 19.5 Å². The SMILES string of the molecule is Cc1ccc(-c2cc(C(F)(F)F)nn2-c2ccc(S(=O)(=O)NC(=O)OC3CCN(/[N+]([O-])=N\OC(C)OC(=O)C(C)(C)C)C3)cc2)cc1. The summed E-state index contributed by atoms with van der Waals surface area (Å²) in [5.74, 6) is -0.561. The normalized spacial score (nSPS) is 16.5. The van der Waals surface area contributed by atoms with Crippen molar-refractivity contribution in [3.8, 4) is 16.9 Å². The van der Waals surface area contributed by atoms with E-state index in [-0.39, 0.29) is 40.8 Å². The van der Waals surface area contributed by atoms with Crippen LogP contribution in [0.2, 0.25) is 0 Å². The molecule has 4 rings (SSSR count). The smallest absolute Gasteiger partial charge is 0.435 e. The topological polar surface area (TPSA) is 167 Å². The first-order chi connectivity index (χ1) is 21.8. The molecule has 1 aliphatic rings. The molecule has 1 amide bonds. The first-order valence-corrected chi connectivity index (χ1v) is 15.7. The van der Waals surface area contributed by atoms with Gasteiger partial charge in [0.25, 0.3) is 16.3 Å². The molecule has 1 N–H and O–H groups in total. The van der Waals surface area contributed by atoms with Crippen molar-refractivity contribution in [2.75, 3.05) is 13.1 Å². The van der Waals surface area contributed by atoms with Gasteiger partial charge in [-0.15, -0.1) is 5.01 Å². The lowest BCUT2D eigenvalue weighted by molar-refractivity contribution is -0.709. The number of esters is 1. The van der Waals surface area contributed by atoms with Gasteiger partial charge in [0.1, 0.15) is 12.6 Å². The molecule has 1 fully saturated rings. The minimum absolute atomic E-state index is 0.0900. The van der Waals surface area contributed by atoms with Crippen molar-refractivity contribution in [1.29, 1.82) is 0 Å². The standard InChI is InChI=1S/C29H33F3N6O8S/c1-18-6-8-20(9-7-18)24-16-25(29(30,31)32)33-37(24)21-10-12-23(13-11-21)47(42,43)34-27(40)45-22-14-15-36(17-22)38(41)35-46-19(2)44-26(39)28(3,4)5/h6-13,16,19,22H,14-15,17H2,1-5H3,(H,34,40)/b38-35+. The Morgan fingerprint density at radius 1 is 1.11 bits per heavy atom. The quantitative estimate of drug-likeness (QED) is 0.105. The molecule has 0 spiro atoms. The van der Waals surface area contributed by atoms with E-state index in [1.165, 1.54) is 19.1 Å². The summed E-state index contributed by atoms with van der Waals surface area (Å²) >= 11 is 0. The summed E-state index contributed by atoms with van der Waals surface area (Å²) in [6.45, 7) is 8.09. The molecule has 2 heterocycles. The summed E-state index contributed by atoms with van der Waals surface area (Å²) in [7, 11) is -4.45. The summed E-state index contributed by atoms with van der Waals surface area (Å²) in [6.07, 6.45) is -7.89. The summed E-state index contributed by atoms with van der Waals surface area (Å²) in [4.78, 5) is 29.0. The minimum atomic E-state index is -4.72. The van der Waals surface area contributed by atoms with E-state index in [1.54, 1.807) is 49.8 Å². The molecule has 0 aliphatic carbocycles. The highest BCUT2D eigenvalue weighted by Crippen LogP contribution is 2.33. The highest BCUT2D eigenvalue weighted by Gasteiger charge is 2.36. The zero-order chi connectivity index (χ0) is 34.7. The highest BCUT2D eigenvalue weighted by molar-refractivity contribution is 7.90. The van der Waals surface area contributed by atoms with Crippen LogP contribution in [0.15, 0.2) is 64.8 Å². The molecule has 14 nitrogen and oxygen atoms in total. The van der Waals surface area contributed by atoms with Crippen LogP contribution in [0.25, 0.3) is 16.9 Å². The Bertz CT molecular complexity index is 1740. The van der Waals surface area contributed by atoms with Gasteiger partial charge in [-0.25, -0.2) is 22.6 Å². The van der Waals surface area contributed by atoms with Gasteiger partial charge in [-0.3, -0.25) is 9.63 Å². The van der Waals surface area contributed by atoms with Gasteiger partial charge in [0.05, 0.1) is 33.2 Å². The third kappa shape index (κ3) is 8.90. The Morgan fingerprint density at radius 3 is 2.34 bits per heavy atom. The zero-order valence-electron chi connectivity index (χ0n) is 26.0. The van der Waals surface area contributed by atoms with Crippen LogP contribution in [0, 0.1) is 17.5 Å². The van der Waals surface area contributed by atoms with Crippen LogP contribution in [-0.4, -0.2) is 65.7 Å². The van der Waals surface area contributed by atoms with Crippen LogP contribution in [0.5, 0.6) is 0 Å². The summed E-state index contributed by atoms with van der Waals surface area (Å²) in [6, 6.07) is 12.4. The van der Waals surface area contributed by atoms with Crippen molar-refractivity contribution in [2.45, 2.75) is 64.5 Å². The van der Waals surface area contributed by atoms with E-state index in [1.807, 2.05) is 6.92 Å². The number of amides is 1. The molecule has 47 heavy (non-hydrogen) atoms. The highest BCUT2D eigenvalue weighted by atomic mass is 32.2. The van der Waals surface area contributed by atoms with Crippen LogP contribution in [0.3, 0.4) is 0 Å². The molecular weight excluding hydrogens is 649 g/mol. The number of alkyl halides is 3. The van der Waals surface area contributed by atoms with Crippen molar-refractivity contribution in [2.24, 2.45) is 10.7 Å². The maximum Gasteiger partial charge on any atom is 0.435 e. The lowest BCUT2D eigenvalue weighted by Gasteiger charge is -2.19. The monoisotopic (exact) mass is 682 g/mol. The fraction of sp³-hybridized carbons (Fsp3) is 0.414. The second-order valence-corrected chi connectivity index (χ2v) is 13.4. The van der Waals surface area contributed by atoms with E-state index in [0.29, 0.717) is 5.56 Å². The number of hydrazine groups is 1. The molecule has 0 radical (unpaired) electrons. The Kier molecular flexibility index (Phi) is 10.0. The maximum atomic E-state index is 13.5. The molecule has 2 unspecified atom stereocenters. The van der Waals surface area contributed by atoms with Crippen LogP contribution in [0.1, 0.15) is 45.4 Å². The summed E-state index contributed by atoms with van der Waals surface area (Å²) in [5.41, 5.74) is -0.277. The maximum absolute atomic E-state index is 13.5. The van der Waals surface area contributed by atoms with Crippen molar-refractivity contribution >= 4 is 22.1 Å². The van der Waals surface area contributed by atoms with Crippen LogP contribution < -0.4 is 4.72 Å². The van der Waals surface area contributed by atoms with Gasteiger partial charge in [-0.1, -0.05) is 29.8 Å². The van der Waals surface area contributed by atoms with E-state index in [0.717, 1.165) is 33.5 Å². The molecular formula is C29H33F3N6O8S. The van der Waals surface area contributed by atoms with E-state index in [4.69, 9.17) is 14.3 Å². The van der Waals surface area contributed by atoms with Crippen LogP contribution >= 0.6 is 0 Å². The molecule has 1 aliphatic heterocycles. The number of aromatic nitrogens is 2. The largest absolute Gasteiger partial charge is 0.569 e. The molecule has 2 aromatic carbocycles. The first kappa shape index (κ1) is 35.0. The zero-order valence-corrected chi connectivity index (χ0v) is 26.8. The molecule has 1 saturated heterocycles. The number of rotatable bonds is 9. The Balaban J connectivity index is 1.37. The van der Waals surface area contributed by atoms with Gasteiger partial charge >= 0.3 is 18.2 Å². The minimum Gasteiger partial charge on any atom is -0.569 e. The lowest BCUT2D eigenvalue weighted by Crippen LogP contribution is -2.36. The second kappa shape index (κ2) is 13.5. The molecule has 0 saturated carbocycles. The van der Waals surface area contributed by atoms with E-state index >= 15 is 0 Å². The van der Waals surface area contributed by atoms with Crippen molar-refractivity contribution in [3.63, 3.8) is 0 Å². The van der Waals surface area contributed by atoms with Crippen LogP contribution in [0.4, 0.5) is 18.0 Å². The van der Waals surface area contributed by atoms with E-state index in [2.05, 4.69) is 10.4 Å². The Hall–Kier alpha value is -4.87. The fourth-order valence-electron chi connectivity index (χ4n) is 4.23. The summed E-state index contributed by atoms with van der Waals surface area (Å²) in [5, 5.41) is 20.4. The van der Waals surface area contributed by atoms with Crippen molar-refractivity contribution < 1.29 is 50.5 Å². The fourth-order valence-corrected chi connectivity index (χ4v) is 5.11. The number of halogens is 3. The number of ether oxygens (including phenoxy) is 2. The van der Waals surface area contributed by atoms with Crippen LogP contribution in [-0.2, 0) is 35.3 Å². The van der Waals surface area contributed by atoms with Gasteiger partial charge in [0.2, 0.25) is 5.28 Å². The molecule has 18 heteroatoms. The number of hydrogen-bond acceptors (Lipinski definition) is 10. The third-order valence-corrected chi connectivity index (χ3v) is 8.07. The number of sulfonamides is 1. The first-order valence-electron chi connectivity index (χ1n) is 14.2. The summed E-state index contributed by atoms with van der Waals surface area (Å²) < 4.78 is 79.3. The van der Waals surface area contributed by atoms with Crippen molar-refractivity contribution in [3.05, 3.63) is 71.1 Å². The number of nitrogens with one attached hydrogen (secondary N) is 1. The predicted molar refractivity (Wildman–Crippen MR) is 158 cm³/mol. The number of nitrogens with zero attached hydrogens (tertiary/aromatic N) is 5. The van der Waals surface area contributed by atoms with Gasteiger partial charge in [-0.05, 0) is 58.0 Å². The molecule has 254 valence electrons.